The van der Waals surface area contributed by atoms with Crippen molar-refractivity contribution in [2.75, 3.05) is 0 Å². The first-order chi connectivity index (χ1) is 12.8. The van der Waals surface area contributed by atoms with Crippen molar-refractivity contribution in [3.63, 3.8) is 0 Å². The predicted molar refractivity (Wildman–Crippen MR) is 123 cm³/mol. The second-order valence-corrected chi connectivity index (χ2v) is 9.18. The smallest absolute Gasteiger partial charge is 0.178 e. The predicted octanol–water partition coefficient (Wildman–Crippen LogP) is 3.82. The van der Waals surface area contributed by atoms with Crippen LogP contribution in [0.15, 0.2) is 0 Å². The first kappa shape index (κ1) is 25.1. The molecule has 1 aliphatic heterocycles. The van der Waals surface area contributed by atoms with E-state index < -0.39 is 17.1 Å². The number of hydrogen-bond acceptors (Lipinski definition) is 3. The summed E-state index contributed by atoms with van der Waals surface area (Å²) in [5.41, 5.74) is -1.13. The average Bonchev–Trinajstić information content (AvgIpc) is 2.58. The zero-order valence-corrected chi connectivity index (χ0v) is 19.3. The third-order valence-corrected chi connectivity index (χ3v) is 5.60. The molecule has 27 heavy (non-hydrogen) atoms. The van der Waals surface area contributed by atoms with Crippen molar-refractivity contribution in [2.24, 2.45) is 0 Å². The maximum atomic E-state index is 6.69. The lowest BCUT2D eigenvalue weighted by Gasteiger charge is -2.54. The number of rotatable bonds is 15. The van der Waals surface area contributed by atoms with Crippen LogP contribution in [0.25, 0.3) is 0 Å². The summed E-state index contributed by atoms with van der Waals surface area (Å²) >= 11 is 0. The second kappa shape index (κ2) is 12.6. The molecule has 1 atom stereocenters. The van der Waals surface area contributed by atoms with Crippen molar-refractivity contribution in [1.29, 1.82) is 0 Å². The van der Waals surface area contributed by atoms with Gasteiger partial charge in [0.15, 0.2) is 29.3 Å². The highest BCUT2D eigenvalue weighted by molar-refractivity contribution is 6.38. The number of hydrogen-bond donors (Lipinski definition) is 0. The van der Waals surface area contributed by atoms with Gasteiger partial charge in [0, 0.05) is 12.8 Å². The molecule has 1 rings (SSSR count). The van der Waals surface area contributed by atoms with Crippen LogP contribution in [0, 0.1) is 0 Å². The molecule has 1 aliphatic rings. The second-order valence-electron chi connectivity index (χ2n) is 9.18. The van der Waals surface area contributed by atoms with Crippen LogP contribution in [-0.2, 0) is 14.2 Å². The lowest BCUT2D eigenvalue weighted by Crippen LogP contribution is -2.63. The lowest BCUT2D eigenvalue weighted by atomic mass is 9.73. The molecular formula is C21H45B3O3. The zero-order chi connectivity index (χ0) is 20.2. The molecule has 3 nitrogen and oxygen atoms in total. The fraction of sp³-hybridized carbons (Fsp3) is 1.00. The van der Waals surface area contributed by atoms with Crippen molar-refractivity contribution < 1.29 is 14.2 Å². The van der Waals surface area contributed by atoms with E-state index in [0.717, 1.165) is 25.7 Å². The van der Waals surface area contributed by atoms with Crippen molar-refractivity contribution >= 4 is 23.5 Å². The summed E-state index contributed by atoms with van der Waals surface area (Å²) in [5, 5.41) is 0. The van der Waals surface area contributed by atoms with Crippen molar-refractivity contribution in [3.8, 4) is 0 Å². The third kappa shape index (κ3) is 9.90. The number of unbranched alkanes of at least 4 members (excludes halogenated alkanes) is 9. The minimum atomic E-state index is -0.590. The van der Waals surface area contributed by atoms with Crippen LogP contribution < -0.4 is 0 Å². The molecule has 0 bridgehead atoms. The van der Waals surface area contributed by atoms with E-state index in [2.05, 4.69) is 44.3 Å². The normalized spacial score (nSPS) is 24.1. The molecular weight excluding hydrogens is 333 g/mol. The summed E-state index contributed by atoms with van der Waals surface area (Å²) in [5.74, 6) is -0.483. The van der Waals surface area contributed by atoms with Gasteiger partial charge in [0.25, 0.3) is 0 Å². The topological polar surface area (TPSA) is 27.7 Å². The molecule has 0 amide bonds. The summed E-state index contributed by atoms with van der Waals surface area (Å²) in [4.78, 5) is 0. The van der Waals surface area contributed by atoms with Crippen LogP contribution in [0.5, 0.6) is 0 Å². The van der Waals surface area contributed by atoms with E-state index in [1.165, 1.54) is 70.6 Å². The van der Waals surface area contributed by atoms with Gasteiger partial charge in [-0.2, -0.15) is 0 Å². The van der Waals surface area contributed by atoms with Crippen LogP contribution in [-0.4, -0.2) is 40.6 Å². The highest BCUT2D eigenvalue weighted by Gasteiger charge is 2.50. The van der Waals surface area contributed by atoms with E-state index >= 15 is 0 Å². The fourth-order valence-corrected chi connectivity index (χ4v) is 4.37. The Kier molecular flexibility index (Phi) is 11.7. The molecule has 0 radical (unpaired) electrons. The molecule has 1 fully saturated rings. The van der Waals surface area contributed by atoms with Gasteiger partial charge in [-0.3, -0.25) is 0 Å². The lowest BCUT2D eigenvalue weighted by molar-refractivity contribution is -0.446. The Morgan fingerprint density at radius 1 is 0.519 bits per heavy atom. The Balaban J connectivity index is 2.81. The van der Waals surface area contributed by atoms with E-state index in [0.29, 0.717) is 0 Å². The molecule has 0 N–H and O–H groups in total. The fourth-order valence-electron chi connectivity index (χ4n) is 4.37. The standard InChI is InChI=1S/C21H45B3O3/c1-4-7-10-13-16-19(17-14-11-8-5-2)25-20(22,18-15-12-9-6-3)27-21(23,24)26-19/h4-18,22-24H2,1-3H3. The van der Waals surface area contributed by atoms with E-state index in [1.54, 1.807) is 0 Å². The van der Waals surface area contributed by atoms with Gasteiger partial charge in [-0.1, -0.05) is 78.6 Å². The van der Waals surface area contributed by atoms with Gasteiger partial charge in [-0.25, -0.2) is 0 Å². The Morgan fingerprint density at radius 3 is 1.41 bits per heavy atom. The molecule has 1 heterocycles. The third-order valence-electron chi connectivity index (χ3n) is 5.60. The molecule has 0 aromatic rings. The molecule has 156 valence electrons. The quantitative estimate of drug-likeness (QED) is 0.320. The summed E-state index contributed by atoms with van der Waals surface area (Å²) in [6, 6.07) is 0. The Bertz CT molecular complexity index is 381. The maximum absolute atomic E-state index is 6.69. The maximum Gasteiger partial charge on any atom is 0.178 e. The molecule has 0 aromatic heterocycles. The molecule has 6 heteroatoms. The minimum Gasteiger partial charge on any atom is -0.344 e. The Morgan fingerprint density at radius 2 is 0.963 bits per heavy atom. The molecule has 0 aromatic carbocycles. The summed E-state index contributed by atoms with van der Waals surface area (Å²) in [7, 11) is 6.26. The first-order valence-corrected chi connectivity index (χ1v) is 11.9. The van der Waals surface area contributed by atoms with Crippen LogP contribution in [0.1, 0.15) is 117 Å². The van der Waals surface area contributed by atoms with Gasteiger partial charge in [0.1, 0.15) is 5.69 Å². The summed E-state index contributed by atoms with van der Waals surface area (Å²) < 4.78 is 19.5. The van der Waals surface area contributed by atoms with Gasteiger partial charge in [-0.05, 0) is 25.7 Å². The van der Waals surface area contributed by atoms with E-state index in [4.69, 9.17) is 14.2 Å². The van der Waals surface area contributed by atoms with Gasteiger partial charge in [0.05, 0.1) is 5.59 Å². The van der Waals surface area contributed by atoms with Crippen LogP contribution >= 0.6 is 0 Å². The number of ether oxygens (including phenoxy) is 3. The SMILES string of the molecule is BC1(B)OC(B)(CCCCCC)OC(CCCCCC)(CCCCCC)O1. The monoisotopic (exact) mass is 378 g/mol. The zero-order valence-electron chi connectivity index (χ0n) is 19.3. The van der Waals surface area contributed by atoms with Crippen molar-refractivity contribution in [1.82, 2.24) is 0 Å². The highest BCUT2D eigenvalue weighted by Crippen LogP contribution is 2.42. The summed E-state index contributed by atoms with van der Waals surface area (Å²) in [6.45, 7) is 6.78. The Hall–Kier alpha value is 0.0748. The van der Waals surface area contributed by atoms with Gasteiger partial charge in [0.2, 0.25) is 0 Å². The van der Waals surface area contributed by atoms with E-state index in [1.807, 2.05) is 0 Å². The molecule has 0 spiro atoms. The average molecular weight is 378 g/mol. The first-order valence-electron chi connectivity index (χ1n) is 11.9. The van der Waals surface area contributed by atoms with Gasteiger partial charge >= 0.3 is 0 Å². The summed E-state index contributed by atoms with van der Waals surface area (Å²) in [6.07, 6.45) is 17.8. The van der Waals surface area contributed by atoms with Crippen LogP contribution in [0.2, 0.25) is 0 Å². The van der Waals surface area contributed by atoms with Crippen LogP contribution in [0.4, 0.5) is 0 Å². The van der Waals surface area contributed by atoms with Crippen molar-refractivity contribution in [3.05, 3.63) is 0 Å². The highest BCUT2D eigenvalue weighted by atomic mass is 16.9. The molecule has 0 saturated carbocycles. The largest absolute Gasteiger partial charge is 0.344 e. The molecule has 0 aliphatic carbocycles. The van der Waals surface area contributed by atoms with E-state index in [-0.39, 0.29) is 0 Å². The van der Waals surface area contributed by atoms with Crippen LogP contribution in [0.3, 0.4) is 0 Å². The minimum absolute atomic E-state index is 0.483. The Labute approximate surface area is 172 Å². The molecule has 1 saturated heterocycles. The van der Waals surface area contributed by atoms with Gasteiger partial charge in [-0.15, -0.1) is 0 Å². The molecule has 1 unspecified atom stereocenters. The van der Waals surface area contributed by atoms with E-state index in [9.17, 15) is 0 Å². The van der Waals surface area contributed by atoms with Gasteiger partial charge < -0.3 is 14.2 Å². The van der Waals surface area contributed by atoms with Crippen molar-refractivity contribution in [2.45, 2.75) is 134 Å².